The van der Waals surface area contributed by atoms with E-state index in [0.29, 0.717) is 0 Å². The molecule has 2 aromatic heterocycles. The fraction of sp³-hybridized carbons (Fsp3) is 0.235. The lowest BCUT2D eigenvalue weighted by Crippen LogP contribution is -2.12. The molecule has 0 spiro atoms. The number of para-hydroxylation sites is 1. The summed E-state index contributed by atoms with van der Waals surface area (Å²) in [6, 6.07) is 7.24. The average Bonchev–Trinajstić information content (AvgIpc) is 3.17. The third kappa shape index (κ3) is 3.91. The maximum Gasteiger partial charge on any atom is 0.271 e. The Bertz CT molecular complexity index is 1000. The summed E-state index contributed by atoms with van der Waals surface area (Å²) in [5, 5.41) is 4.51. The molecular formula is C17H17FN2O2S3. The zero-order valence-corrected chi connectivity index (χ0v) is 16.4. The van der Waals surface area contributed by atoms with Gasteiger partial charge in [-0.2, -0.15) is 0 Å². The van der Waals surface area contributed by atoms with E-state index in [4.69, 9.17) is 0 Å². The van der Waals surface area contributed by atoms with Crippen molar-refractivity contribution >= 4 is 38.4 Å². The highest BCUT2D eigenvalue weighted by atomic mass is 32.2. The van der Waals surface area contributed by atoms with Crippen molar-refractivity contribution in [2.75, 3.05) is 4.72 Å². The van der Waals surface area contributed by atoms with E-state index in [0.717, 1.165) is 27.6 Å². The minimum absolute atomic E-state index is 0.0634. The summed E-state index contributed by atoms with van der Waals surface area (Å²) in [5.41, 5.74) is 1.58. The number of sulfonamides is 1. The summed E-state index contributed by atoms with van der Waals surface area (Å²) in [6.45, 7) is 6.23. The van der Waals surface area contributed by atoms with Crippen molar-refractivity contribution in [3.05, 3.63) is 52.6 Å². The number of aromatic nitrogens is 1. The first-order valence-corrected chi connectivity index (χ1v) is 10.7. The number of halogens is 1. The van der Waals surface area contributed by atoms with E-state index >= 15 is 0 Å². The predicted octanol–water partition coefficient (Wildman–Crippen LogP) is 5.11. The van der Waals surface area contributed by atoms with Gasteiger partial charge in [0.2, 0.25) is 0 Å². The minimum atomic E-state index is -3.84. The summed E-state index contributed by atoms with van der Waals surface area (Å²) in [4.78, 5) is 4.60. The molecule has 1 aromatic carbocycles. The number of anilines is 1. The Morgan fingerprint density at radius 2 is 1.84 bits per heavy atom. The second-order valence-corrected chi connectivity index (χ2v) is 10.2. The highest BCUT2D eigenvalue weighted by Crippen LogP contribution is 2.34. The molecule has 0 fully saturated rings. The van der Waals surface area contributed by atoms with E-state index in [1.165, 1.54) is 29.5 Å². The van der Waals surface area contributed by atoms with Gasteiger partial charge in [0.25, 0.3) is 10.0 Å². The van der Waals surface area contributed by atoms with Crippen LogP contribution in [0.3, 0.4) is 0 Å². The van der Waals surface area contributed by atoms with Crippen molar-refractivity contribution in [2.45, 2.75) is 30.4 Å². The van der Waals surface area contributed by atoms with E-state index in [-0.39, 0.29) is 15.3 Å². The Balaban J connectivity index is 1.88. The number of hydrogen-bond acceptors (Lipinski definition) is 5. The number of hydrogen-bond donors (Lipinski definition) is 1. The molecule has 3 rings (SSSR count). The van der Waals surface area contributed by atoms with Crippen LogP contribution in [0.25, 0.3) is 10.6 Å². The van der Waals surface area contributed by atoms with Crippen LogP contribution < -0.4 is 4.72 Å². The van der Waals surface area contributed by atoms with Crippen molar-refractivity contribution in [3.8, 4) is 10.6 Å². The summed E-state index contributed by atoms with van der Waals surface area (Å²) < 4.78 is 41.1. The highest BCUT2D eigenvalue weighted by molar-refractivity contribution is 7.94. The Morgan fingerprint density at radius 3 is 2.48 bits per heavy atom. The van der Waals surface area contributed by atoms with Crippen molar-refractivity contribution in [1.29, 1.82) is 0 Å². The molecule has 1 N–H and O–H groups in total. The van der Waals surface area contributed by atoms with Gasteiger partial charge >= 0.3 is 0 Å². The van der Waals surface area contributed by atoms with Crippen LogP contribution in [0.15, 0.2) is 45.3 Å². The van der Waals surface area contributed by atoms with Crippen LogP contribution in [-0.4, -0.2) is 13.4 Å². The quantitative estimate of drug-likeness (QED) is 0.667. The zero-order valence-electron chi connectivity index (χ0n) is 13.9. The summed E-state index contributed by atoms with van der Waals surface area (Å²) in [6.07, 6.45) is 0. The fourth-order valence-corrected chi connectivity index (χ4v) is 5.40. The third-order valence-corrected chi connectivity index (χ3v) is 7.17. The molecule has 0 amide bonds. The minimum Gasteiger partial charge on any atom is -0.276 e. The maximum absolute atomic E-state index is 13.7. The van der Waals surface area contributed by atoms with Gasteiger partial charge in [-0.15, -0.1) is 22.7 Å². The summed E-state index contributed by atoms with van der Waals surface area (Å²) in [5.74, 6) is -0.613. The molecule has 0 saturated carbocycles. The number of benzene rings is 1. The maximum atomic E-state index is 13.7. The van der Waals surface area contributed by atoms with Crippen LogP contribution in [0.4, 0.5) is 10.1 Å². The number of thiophene rings is 1. The molecular weight excluding hydrogens is 379 g/mol. The Morgan fingerprint density at radius 1 is 1.12 bits per heavy atom. The molecule has 3 aromatic rings. The average molecular weight is 397 g/mol. The van der Waals surface area contributed by atoms with Crippen LogP contribution in [0.1, 0.15) is 26.5 Å². The smallest absolute Gasteiger partial charge is 0.271 e. The molecule has 2 heterocycles. The predicted molar refractivity (Wildman–Crippen MR) is 101 cm³/mol. The van der Waals surface area contributed by atoms with E-state index in [9.17, 15) is 12.8 Å². The lowest BCUT2D eigenvalue weighted by molar-refractivity contribution is 0.573. The molecule has 25 heavy (non-hydrogen) atoms. The van der Waals surface area contributed by atoms with Gasteiger partial charge in [0.05, 0.1) is 11.4 Å². The van der Waals surface area contributed by atoms with Crippen LogP contribution in [-0.2, 0) is 15.4 Å². The Labute approximate surface area is 154 Å². The monoisotopic (exact) mass is 396 g/mol. The molecule has 0 unspecified atom stereocenters. The summed E-state index contributed by atoms with van der Waals surface area (Å²) in [7, 11) is -3.84. The fourth-order valence-electron chi connectivity index (χ4n) is 2.06. The SMILES string of the molecule is CC(C)(C)c1csc(-c2csc(S(=O)(=O)Nc3ccccc3F)c2)n1. The van der Waals surface area contributed by atoms with Crippen LogP contribution >= 0.6 is 22.7 Å². The lowest BCUT2D eigenvalue weighted by atomic mass is 9.93. The second-order valence-electron chi connectivity index (χ2n) is 6.53. The lowest BCUT2D eigenvalue weighted by Gasteiger charge is -2.14. The van der Waals surface area contributed by atoms with Gasteiger partial charge < -0.3 is 0 Å². The van der Waals surface area contributed by atoms with E-state index in [1.807, 2.05) is 5.38 Å². The van der Waals surface area contributed by atoms with Crippen molar-refractivity contribution in [3.63, 3.8) is 0 Å². The number of thiazole rings is 1. The van der Waals surface area contributed by atoms with Gasteiger partial charge in [-0.1, -0.05) is 32.9 Å². The number of rotatable bonds is 4. The topological polar surface area (TPSA) is 59.1 Å². The van der Waals surface area contributed by atoms with Gasteiger partial charge in [0.1, 0.15) is 15.0 Å². The first-order chi connectivity index (χ1) is 11.7. The Hall–Kier alpha value is -1.77. The number of nitrogens with zero attached hydrogens (tertiary/aromatic N) is 1. The standard InChI is InChI=1S/C17H17FN2O2S3/c1-17(2,3)14-10-24-16(19-14)11-8-15(23-9-11)25(21,22)20-13-7-5-4-6-12(13)18/h4-10,20H,1-3H3. The first kappa shape index (κ1) is 18.0. The van der Waals surface area contributed by atoms with E-state index in [2.05, 4.69) is 30.5 Å². The van der Waals surface area contributed by atoms with E-state index in [1.54, 1.807) is 17.5 Å². The van der Waals surface area contributed by atoms with E-state index < -0.39 is 15.8 Å². The van der Waals surface area contributed by atoms with Crippen LogP contribution in [0, 0.1) is 5.82 Å². The molecule has 0 atom stereocenters. The first-order valence-electron chi connectivity index (χ1n) is 7.49. The molecule has 4 nitrogen and oxygen atoms in total. The molecule has 0 aliphatic rings. The second kappa shape index (κ2) is 6.51. The summed E-state index contributed by atoms with van der Waals surface area (Å²) >= 11 is 2.57. The molecule has 0 radical (unpaired) electrons. The van der Waals surface area contributed by atoms with Crippen LogP contribution in [0.5, 0.6) is 0 Å². The molecule has 0 aliphatic carbocycles. The van der Waals surface area contributed by atoms with Gasteiger partial charge in [0, 0.05) is 21.7 Å². The largest absolute Gasteiger partial charge is 0.276 e. The normalized spacial score (nSPS) is 12.3. The number of nitrogens with one attached hydrogen (secondary N) is 1. The van der Waals surface area contributed by atoms with Crippen molar-refractivity contribution in [2.24, 2.45) is 0 Å². The van der Waals surface area contributed by atoms with Gasteiger partial charge in [0.15, 0.2) is 0 Å². The molecule has 0 aliphatic heterocycles. The zero-order chi connectivity index (χ0) is 18.2. The molecule has 0 bridgehead atoms. The molecule has 132 valence electrons. The van der Waals surface area contributed by atoms with Crippen LogP contribution in [0.2, 0.25) is 0 Å². The van der Waals surface area contributed by atoms with Gasteiger partial charge in [-0.3, -0.25) is 4.72 Å². The molecule has 8 heteroatoms. The van der Waals surface area contributed by atoms with Crippen molar-refractivity contribution in [1.82, 2.24) is 4.98 Å². The third-order valence-electron chi connectivity index (χ3n) is 3.48. The molecule has 0 saturated heterocycles. The van der Waals surface area contributed by atoms with Gasteiger partial charge in [-0.05, 0) is 18.2 Å². The Kier molecular flexibility index (Phi) is 4.70. The van der Waals surface area contributed by atoms with Gasteiger partial charge in [-0.25, -0.2) is 17.8 Å². The highest BCUT2D eigenvalue weighted by Gasteiger charge is 2.22. The van der Waals surface area contributed by atoms with Crippen molar-refractivity contribution < 1.29 is 12.8 Å².